The normalized spacial score (nSPS) is 18.7. The van der Waals surface area contributed by atoms with Crippen molar-refractivity contribution in [3.63, 3.8) is 0 Å². The molecule has 8 heteroatoms. The molecule has 0 spiro atoms. The van der Waals surface area contributed by atoms with E-state index in [2.05, 4.69) is 5.32 Å². The molecule has 1 N–H and O–H groups in total. The molecule has 0 aromatic heterocycles. The lowest BCUT2D eigenvalue weighted by atomic mass is 10.2. The van der Waals surface area contributed by atoms with Crippen molar-refractivity contribution in [3.05, 3.63) is 35.6 Å². The Morgan fingerprint density at radius 2 is 1.65 bits per heavy atom. The lowest BCUT2D eigenvalue weighted by Gasteiger charge is -2.38. The van der Waals surface area contributed by atoms with Gasteiger partial charge in [0.15, 0.2) is 0 Å². The van der Waals surface area contributed by atoms with Crippen LogP contribution < -0.4 is 5.32 Å². The zero-order chi connectivity index (χ0) is 18.4. The summed E-state index contributed by atoms with van der Waals surface area (Å²) in [5.74, 6) is -0.454. The van der Waals surface area contributed by atoms with E-state index in [4.69, 9.17) is 4.74 Å². The van der Waals surface area contributed by atoms with Gasteiger partial charge in [-0.05, 0) is 6.07 Å². The van der Waals surface area contributed by atoms with E-state index in [1.54, 1.807) is 18.2 Å². The predicted octanol–water partition coefficient (Wildman–Crippen LogP) is 0.512. The summed E-state index contributed by atoms with van der Waals surface area (Å²) in [4.78, 5) is 30.2. The number of piperazine rings is 1. The first-order valence-electron chi connectivity index (χ1n) is 8.97. The van der Waals surface area contributed by atoms with Crippen LogP contribution in [0.2, 0.25) is 0 Å². The number of nitrogens with one attached hydrogen (secondary N) is 1. The van der Waals surface area contributed by atoms with Crippen molar-refractivity contribution in [1.82, 2.24) is 20.0 Å². The molecule has 142 valence electrons. The molecule has 3 amide bonds. The molecular weight excluding hydrogens is 339 g/mol. The molecule has 0 aliphatic carbocycles. The second-order valence-corrected chi connectivity index (χ2v) is 6.51. The highest BCUT2D eigenvalue weighted by atomic mass is 19.1. The number of rotatable bonds is 4. The van der Waals surface area contributed by atoms with Gasteiger partial charge < -0.3 is 19.9 Å². The minimum absolute atomic E-state index is 0.0527. The van der Waals surface area contributed by atoms with Crippen LogP contribution in [0.4, 0.5) is 9.18 Å². The van der Waals surface area contributed by atoms with Gasteiger partial charge in [0.05, 0.1) is 19.8 Å². The van der Waals surface area contributed by atoms with Crippen molar-refractivity contribution in [2.45, 2.75) is 6.54 Å². The molecule has 3 rings (SSSR count). The summed E-state index contributed by atoms with van der Waals surface area (Å²) in [6.45, 7) is 5.42. The number of carbonyl (C=O) groups is 2. The first kappa shape index (κ1) is 18.6. The van der Waals surface area contributed by atoms with Crippen LogP contribution in [-0.4, -0.2) is 85.7 Å². The third-order valence-corrected chi connectivity index (χ3v) is 4.73. The molecule has 0 atom stereocenters. The number of halogens is 1. The Bertz CT molecular complexity index is 629. The quantitative estimate of drug-likeness (QED) is 0.846. The summed E-state index contributed by atoms with van der Waals surface area (Å²) in [5.41, 5.74) is 0.474. The Labute approximate surface area is 152 Å². The minimum Gasteiger partial charge on any atom is -0.378 e. The zero-order valence-corrected chi connectivity index (χ0v) is 14.8. The fourth-order valence-electron chi connectivity index (χ4n) is 3.15. The molecule has 2 aliphatic heterocycles. The maximum Gasteiger partial charge on any atom is 0.320 e. The van der Waals surface area contributed by atoms with Gasteiger partial charge in [-0.15, -0.1) is 0 Å². The Morgan fingerprint density at radius 3 is 2.35 bits per heavy atom. The monoisotopic (exact) mass is 364 g/mol. The summed E-state index contributed by atoms with van der Waals surface area (Å²) in [6.07, 6.45) is 0. The van der Waals surface area contributed by atoms with Crippen LogP contribution in [0.25, 0.3) is 0 Å². The highest BCUT2D eigenvalue weighted by molar-refractivity contribution is 5.78. The maximum absolute atomic E-state index is 13.6. The van der Waals surface area contributed by atoms with E-state index in [0.29, 0.717) is 58.0 Å². The molecule has 0 radical (unpaired) electrons. The van der Waals surface area contributed by atoms with Gasteiger partial charge in [0.1, 0.15) is 5.82 Å². The molecule has 1 aromatic rings. The highest BCUT2D eigenvalue weighted by Gasteiger charge is 2.26. The number of urea groups is 1. The van der Waals surface area contributed by atoms with Gasteiger partial charge in [-0.3, -0.25) is 9.69 Å². The van der Waals surface area contributed by atoms with Crippen molar-refractivity contribution < 1.29 is 18.7 Å². The highest BCUT2D eigenvalue weighted by Crippen LogP contribution is 2.08. The van der Waals surface area contributed by atoms with Crippen molar-refractivity contribution >= 4 is 11.9 Å². The van der Waals surface area contributed by atoms with Crippen LogP contribution in [0.15, 0.2) is 24.3 Å². The van der Waals surface area contributed by atoms with E-state index >= 15 is 0 Å². The molecule has 1 aromatic carbocycles. The maximum atomic E-state index is 13.6. The Kier molecular flexibility index (Phi) is 6.40. The number of nitrogens with zero attached hydrogens (tertiary/aromatic N) is 3. The first-order chi connectivity index (χ1) is 12.6. The van der Waals surface area contributed by atoms with E-state index in [0.717, 1.165) is 0 Å². The number of morpholine rings is 1. The van der Waals surface area contributed by atoms with Gasteiger partial charge in [0.25, 0.3) is 0 Å². The number of ether oxygens (including phenoxy) is 1. The molecule has 2 heterocycles. The predicted molar refractivity (Wildman–Crippen MR) is 94.0 cm³/mol. The minimum atomic E-state index is -0.317. The SMILES string of the molecule is O=C(CN1CCN(C(=O)N2CCOCC2)CC1)NCc1ccccc1F. The van der Waals surface area contributed by atoms with Gasteiger partial charge in [-0.2, -0.15) is 0 Å². The summed E-state index contributed by atoms with van der Waals surface area (Å²) in [5, 5.41) is 2.75. The summed E-state index contributed by atoms with van der Waals surface area (Å²) < 4.78 is 18.8. The van der Waals surface area contributed by atoms with E-state index < -0.39 is 0 Å². The lowest BCUT2D eigenvalue weighted by Crippen LogP contribution is -2.55. The van der Waals surface area contributed by atoms with Gasteiger partial charge in [0, 0.05) is 51.4 Å². The smallest absolute Gasteiger partial charge is 0.320 e. The Hall–Kier alpha value is -2.19. The van der Waals surface area contributed by atoms with E-state index in [1.165, 1.54) is 6.07 Å². The van der Waals surface area contributed by atoms with Crippen LogP contribution in [0, 0.1) is 5.82 Å². The number of carbonyl (C=O) groups excluding carboxylic acids is 2. The fraction of sp³-hybridized carbons (Fsp3) is 0.556. The lowest BCUT2D eigenvalue weighted by molar-refractivity contribution is -0.122. The van der Waals surface area contributed by atoms with Gasteiger partial charge in [-0.1, -0.05) is 18.2 Å². The largest absolute Gasteiger partial charge is 0.378 e. The molecule has 2 fully saturated rings. The fourth-order valence-corrected chi connectivity index (χ4v) is 3.15. The van der Waals surface area contributed by atoms with Gasteiger partial charge in [-0.25, -0.2) is 9.18 Å². The molecule has 26 heavy (non-hydrogen) atoms. The zero-order valence-electron chi connectivity index (χ0n) is 14.8. The van der Waals surface area contributed by atoms with Crippen LogP contribution in [0.1, 0.15) is 5.56 Å². The van der Waals surface area contributed by atoms with Crippen LogP contribution in [-0.2, 0) is 16.1 Å². The number of hydrogen-bond acceptors (Lipinski definition) is 4. The molecule has 2 saturated heterocycles. The molecule has 7 nitrogen and oxygen atoms in total. The topological polar surface area (TPSA) is 65.1 Å². The summed E-state index contributed by atoms with van der Waals surface area (Å²) >= 11 is 0. The molecule has 0 bridgehead atoms. The molecular formula is C18H25FN4O3. The van der Waals surface area contributed by atoms with Crippen molar-refractivity contribution in [1.29, 1.82) is 0 Å². The number of amides is 3. The average Bonchev–Trinajstić information content (AvgIpc) is 2.68. The van der Waals surface area contributed by atoms with E-state index in [-0.39, 0.29) is 30.8 Å². The molecule has 2 aliphatic rings. The second-order valence-electron chi connectivity index (χ2n) is 6.51. The number of hydrogen-bond donors (Lipinski definition) is 1. The Balaban J connectivity index is 1.38. The third-order valence-electron chi connectivity index (χ3n) is 4.73. The van der Waals surface area contributed by atoms with E-state index in [1.807, 2.05) is 14.7 Å². The molecule has 0 saturated carbocycles. The van der Waals surface area contributed by atoms with Crippen LogP contribution in [0.3, 0.4) is 0 Å². The standard InChI is InChI=1S/C18H25FN4O3/c19-16-4-2-1-3-15(16)13-20-17(24)14-21-5-7-22(8-6-21)18(25)23-9-11-26-12-10-23/h1-4H,5-14H2,(H,20,24). The first-order valence-corrected chi connectivity index (χ1v) is 8.97. The molecule has 0 unspecified atom stereocenters. The second kappa shape index (κ2) is 8.95. The van der Waals surface area contributed by atoms with Crippen LogP contribution >= 0.6 is 0 Å². The summed E-state index contributed by atoms with van der Waals surface area (Å²) in [7, 11) is 0. The van der Waals surface area contributed by atoms with Crippen molar-refractivity contribution in [3.8, 4) is 0 Å². The van der Waals surface area contributed by atoms with Gasteiger partial charge >= 0.3 is 6.03 Å². The van der Waals surface area contributed by atoms with Crippen LogP contribution in [0.5, 0.6) is 0 Å². The van der Waals surface area contributed by atoms with Crippen molar-refractivity contribution in [2.24, 2.45) is 0 Å². The third kappa shape index (κ3) is 4.92. The van der Waals surface area contributed by atoms with Crippen molar-refractivity contribution in [2.75, 3.05) is 59.0 Å². The number of benzene rings is 1. The van der Waals surface area contributed by atoms with E-state index in [9.17, 15) is 14.0 Å². The van der Waals surface area contributed by atoms with Gasteiger partial charge in [0.2, 0.25) is 5.91 Å². The average molecular weight is 364 g/mol. The summed E-state index contributed by atoms with van der Waals surface area (Å²) in [6, 6.07) is 6.46. The Morgan fingerprint density at radius 1 is 1.00 bits per heavy atom.